The largest absolute Gasteiger partial charge is 0.491 e. The normalized spacial score (nSPS) is 20.3. The summed E-state index contributed by atoms with van der Waals surface area (Å²) in [4.78, 5) is 2.38. The zero-order chi connectivity index (χ0) is 13.1. The molecule has 1 heterocycles. The van der Waals surface area contributed by atoms with Crippen molar-refractivity contribution >= 4 is 28.9 Å². The first-order valence-electron chi connectivity index (χ1n) is 6.15. The second kappa shape index (κ2) is 6.00. The smallest absolute Gasteiger partial charge is 0.143 e. The first-order valence-corrected chi connectivity index (χ1v) is 6.91. The minimum Gasteiger partial charge on any atom is -0.491 e. The van der Waals surface area contributed by atoms with E-state index in [9.17, 15) is 0 Å². The van der Waals surface area contributed by atoms with Crippen molar-refractivity contribution < 1.29 is 4.74 Å². The van der Waals surface area contributed by atoms with E-state index in [0.29, 0.717) is 34.1 Å². The van der Waals surface area contributed by atoms with Crippen molar-refractivity contribution in [1.29, 1.82) is 0 Å². The van der Waals surface area contributed by atoms with Crippen LogP contribution < -0.4 is 10.5 Å². The Hall–Kier alpha value is -0.640. The molecule has 1 aliphatic heterocycles. The topological polar surface area (TPSA) is 38.5 Å². The average Bonchev–Trinajstić information content (AvgIpc) is 2.72. The van der Waals surface area contributed by atoms with Gasteiger partial charge in [-0.05, 0) is 38.9 Å². The van der Waals surface area contributed by atoms with E-state index >= 15 is 0 Å². The summed E-state index contributed by atoms with van der Waals surface area (Å²) in [6.45, 7) is 1.83. The summed E-state index contributed by atoms with van der Waals surface area (Å²) in [6, 6.07) is 3.92. The van der Waals surface area contributed by atoms with E-state index in [2.05, 4.69) is 11.9 Å². The fraction of sp³-hybridized carbons (Fsp3) is 0.538. The van der Waals surface area contributed by atoms with Gasteiger partial charge in [-0.1, -0.05) is 23.2 Å². The van der Waals surface area contributed by atoms with E-state index < -0.39 is 0 Å². The predicted molar refractivity (Wildman–Crippen MR) is 76.6 cm³/mol. The van der Waals surface area contributed by atoms with Crippen LogP contribution >= 0.6 is 23.2 Å². The number of halogens is 2. The Kier molecular flexibility index (Phi) is 4.60. The maximum Gasteiger partial charge on any atom is 0.143 e. The summed E-state index contributed by atoms with van der Waals surface area (Å²) < 4.78 is 5.69. The van der Waals surface area contributed by atoms with Gasteiger partial charge in [0.05, 0.1) is 22.3 Å². The second-order valence-corrected chi connectivity index (χ2v) is 5.53. The minimum absolute atomic E-state index is 0.456. The molecule has 5 heteroatoms. The van der Waals surface area contributed by atoms with Gasteiger partial charge in [-0.15, -0.1) is 0 Å². The number of nitrogens with two attached hydrogens (primary N) is 1. The standard InChI is InChI=1S/C13H18Cl2N2O/c1-17-5-2-3-9(17)4-6-18-13-8-11(15)10(14)7-12(13)16/h7-9H,2-6,16H2,1H3. The summed E-state index contributed by atoms with van der Waals surface area (Å²) in [6.07, 6.45) is 3.53. The Bertz CT molecular complexity index is 426. The number of rotatable bonds is 4. The molecule has 1 aromatic carbocycles. The van der Waals surface area contributed by atoms with Crippen LogP contribution in [-0.2, 0) is 0 Å². The lowest BCUT2D eigenvalue weighted by molar-refractivity contribution is 0.234. The molecule has 18 heavy (non-hydrogen) atoms. The Balaban J connectivity index is 1.88. The highest BCUT2D eigenvalue weighted by molar-refractivity contribution is 6.42. The summed E-state index contributed by atoms with van der Waals surface area (Å²) in [5.74, 6) is 0.616. The lowest BCUT2D eigenvalue weighted by Crippen LogP contribution is -2.26. The van der Waals surface area contributed by atoms with E-state index in [1.54, 1.807) is 12.1 Å². The molecular weight excluding hydrogens is 271 g/mol. The molecule has 0 radical (unpaired) electrons. The summed E-state index contributed by atoms with van der Waals surface area (Å²) in [7, 11) is 2.16. The van der Waals surface area contributed by atoms with Crippen molar-refractivity contribution in [3.8, 4) is 5.75 Å². The third-order valence-corrected chi connectivity index (χ3v) is 4.16. The zero-order valence-corrected chi connectivity index (χ0v) is 12.0. The molecule has 2 N–H and O–H groups in total. The molecule has 0 spiro atoms. The van der Waals surface area contributed by atoms with Crippen LogP contribution in [0.4, 0.5) is 5.69 Å². The highest BCUT2D eigenvalue weighted by Crippen LogP contribution is 2.32. The van der Waals surface area contributed by atoms with Crippen LogP contribution in [0.1, 0.15) is 19.3 Å². The Morgan fingerprint density at radius 1 is 1.39 bits per heavy atom. The van der Waals surface area contributed by atoms with Crippen LogP contribution in [0.25, 0.3) is 0 Å². The van der Waals surface area contributed by atoms with Gasteiger partial charge in [-0.2, -0.15) is 0 Å². The molecule has 0 bridgehead atoms. The summed E-state index contributed by atoms with van der Waals surface area (Å²) in [5.41, 5.74) is 6.36. The fourth-order valence-corrected chi connectivity index (χ4v) is 2.64. The van der Waals surface area contributed by atoms with Crippen molar-refractivity contribution in [1.82, 2.24) is 4.90 Å². The van der Waals surface area contributed by atoms with E-state index in [1.165, 1.54) is 19.4 Å². The molecule has 1 aromatic rings. The Morgan fingerprint density at radius 2 is 2.11 bits per heavy atom. The van der Waals surface area contributed by atoms with Crippen molar-refractivity contribution in [2.24, 2.45) is 0 Å². The summed E-state index contributed by atoms with van der Waals surface area (Å²) >= 11 is 11.8. The molecule has 1 fully saturated rings. The van der Waals surface area contributed by atoms with Gasteiger partial charge in [0.1, 0.15) is 5.75 Å². The molecule has 1 unspecified atom stereocenters. The lowest BCUT2D eigenvalue weighted by atomic mass is 10.1. The monoisotopic (exact) mass is 288 g/mol. The lowest BCUT2D eigenvalue weighted by Gasteiger charge is -2.19. The average molecular weight is 289 g/mol. The molecule has 0 aliphatic carbocycles. The molecule has 0 saturated carbocycles. The molecule has 0 amide bonds. The van der Waals surface area contributed by atoms with E-state index in [1.807, 2.05) is 0 Å². The number of hydrogen-bond acceptors (Lipinski definition) is 3. The number of nitrogen functional groups attached to an aromatic ring is 1. The minimum atomic E-state index is 0.456. The molecule has 1 atom stereocenters. The number of likely N-dealkylation sites (tertiary alicyclic amines) is 1. The van der Waals surface area contributed by atoms with Crippen LogP contribution in [-0.4, -0.2) is 31.1 Å². The number of anilines is 1. The van der Waals surface area contributed by atoms with Crippen molar-refractivity contribution in [2.45, 2.75) is 25.3 Å². The Morgan fingerprint density at radius 3 is 2.78 bits per heavy atom. The molecule has 2 rings (SSSR count). The van der Waals surface area contributed by atoms with Crippen LogP contribution in [0.5, 0.6) is 5.75 Å². The van der Waals surface area contributed by atoms with Crippen LogP contribution in [0.3, 0.4) is 0 Å². The summed E-state index contributed by atoms with van der Waals surface area (Å²) in [5, 5.41) is 0.927. The van der Waals surface area contributed by atoms with Gasteiger partial charge in [0.15, 0.2) is 0 Å². The van der Waals surface area contributed by atoms with Crippen LogP contribution in [0.15, 0.2) is 12.1 Å². The third kappa shape index (κ3) is 3.22. The van der Waals surface area contributed by atoms with Gasteiger partial charge in [-0.3, -0.25) is 0 Å². The van der Waals surface area contributed by atoms with Crippen molar-refractivity contribution in [3.05, 3.63) is 22.2 Å². The molecule has 100 valence electrons. The van der Waals surface area contributed by atoms with Gasteiger partial charge in [-0.25, -0.2) is 0 Å². The van der Waals surface area contributed by atoms with Crippen molar-refractivity contribution in [3.63, 3.8) is 0 Å². The highest BCUT2D eigenvalue weighted by atomic mass is 35.5. The predicted octanol–water partition coefficient (Wildman–Crippen LogP) is 3.44. The van der Waals surface area contributed by atoms with E-state index in [4.69, 9.17) is 33.7 Å². The molecule has 0 aromatic heterocycles. The van der Waals surface area contributed by atoms with Crippen molar-refractivity contribution in [2.75, 3.05) is 25.9 Å². The first-order chi connectivity index (χ1) is 8.58. The highest BCUT2D eigenvalue weighted by Gasteiger charge is 2.20. The quantitative estimate of drug-likeness (QED) is 0.863. The van der Waals surface area contributed by atoms with Gasteiger partial charge in [0, 0.05) is 12.1 Å². The maximum atomic E-state index is 5.94. The number of hydrogen-bond donors (Lipinski definition) is 1. The Labute approximate surface area is 118 Å². The molecule has 3 nitrogen and oxygen atoms in total. The number of benzene rings is 1. The van der Waals surface area contributed by atoms with Crippen LogP contribution in [0.2, 0.25) is 10.0 Å². The first kappa shape index (κ1) is 13.8. The number of ether oxygens (including phenoxy) is 1. The van der Waals surface area contributed by atoms with E-state index in [-0.39, 0.29) is 0 Å². The second-order valence-electron chi connectivity index (χ2n) is 4.72. The number of nitrogens with zero attached hydrogens (tertiary/aromatic N) is 1. The third-order valence-electron chi connectivity index (χ3n) is 3.43. The molecule has 1 saturated heterocycles. The van der Waals surface area contributed by atoms with Gasteiger partial charge in [0.25, 0.3) is 0 Å². The van der Waals surface area contributed by atoms with Gasteiger partial charge < -0.3 is 15.4 Å². The maximum absolute atomic E-state index is 5.94. The van der Waals surface area contributed by atoms with E-state index in [0.717, 1.165) is 6.42 Å². The fourth-order valence-electron chi connectivity index (χ4n) is 2.32. The van der Waals surface area contributed by atoms with Gasteiger partial charge in [0.2, 0.25) is 0 Å². The SMILES string of the molecule is CN1CCCC1CCOc1cc(Cl)c(Cl)cc1N. The molecule has 1 aliphatic rings. The molecular formula is C13H18Cl2N2O. The van der Waals surface area contributed by atoms with Crippen LogP contribution in [0, 0.1) is 0 Å². The zero-order valence-electron chi connectivity index (χ0n) is 10.5. The van der Waals surface area contributed by atoms with Gasteiger partial charge >= 0.3 is 0 Å².